The summed E-state index contributed by atoms with van der Waals surface area (Å²) in [6.07, 6.45) is 6.63. The highest BCUT2D eigenvalue weighted by molar-refractivity contribution is 6.05. The van der Waals surface area contributed by atoms with Crippen LogP contribution in [0, 0.1) is 0 Å². The van der Waals surface area contributed by atoms with Gasteiger partial charge < -0.3 is 10.1 Å². The van der Waals surface area contributed by atoms with E-state index in [0.29, 0.717) is 22.2 Å². The van der Waals surface area contributed by atoms with Gasteiger partial charge in [-0.1, -0.05) is 24.3 Å². The van der Waals surface area contributed by atoms with Gasteiger partial charge >= 0.3 is 0 Å². The van der Waals surface area contributed by atoms with E-state index in [9.17, 15) is 4.79 Å². The number of amides is 1. The zero-order chi connectivity index (χ0) is 19.3. The van der Waals surface area contributed by atoms with Crippen molar-refractivity contribution < 1.29 is 9.53 Å². The molecule has 0 aliphatic rings. The van der Waals surface area contributed by atoms with Crippen LogP contribution >= 0.6 is 0 Å². The number of hydrogen-bond acceptors (Lipinski definition) is 5. The van der Waals surface area contributed by atoms with Crippen molar-refractivity contribution in [3.63, 3.8) is 0 Å². The number of benzene rings is 1. The van der Waals surface area contributed by atoms with Crippen molar-refractivity contribution in [1.82, 2.24) is 20.3 Å². The van der Waals surface area contributed by atoms with Gasteiger partial charge in [0.2, 0.25) is 0 Å². The lowest BCUT2D eigenvalue weighted by Gasteiger charge is -2.21. The molecule has 4 aromatic rings. The first-order valence-corrected chi connectivity index (χ1v) is 8.81. The first-order valence-electron chi connectivity index (χ1n) is 8.81. The SMILES string of the molecule is COc1ccccc1[C@H](NC(=O)c1ccnc2ccncc12)c1ccccn1. The number of carbonyl (C=O) groups is 1. The predicted molar refractivity (Wildman–Crippen MR) is 106 cm³/mol. The Balaban J connectivity index is 1.77. The molecule has 4 rings (SSSR count). The number of nitrogens with zero attached hydrogens (tertiary/aromatic N) is 3. The molecule has 138 valence electrons. The summed E-state index contributed by atoms with van der Waals surface area (Å²) in [7, 11) is 1.61. The molecule has 0 bridgehead atoms. The fourth-order valence-electron chi connectivity index (χ4n) is 3.16. The number of pyridine rings is 3. The summed E-state index contributed by atoms with van der Waals surface area (Å²) in [4.78, 5) is 26.0. The Morgan fingerprint density at radius 3 is 2.64 bits per heavy atom. The van der Waals surface area contributed by atoms with E-state index in [1.807, 2.05) is 42.5 Å². The van der Waals surface area contributed by atoms with Gasteiger partial charge in [0.15, 0.2) is 0 Å². The molecule has 0 unspecified atom stereocenters. The summed E-state index contributed by atoms with van der Waals surface area (Å²) in [5.41, 5.74) is 2.77. The van der Waals surface area contributed by atoms with E-state index in [0.717, 1.165) is 11.3 Å². The first kappa shape index (κ1) is 17.6. The number of rotatable bonds is 5. The molecule has 0 aliphatic heterocycles. The van der Waals surface area contributed by atoms with E-state index < -0.39 is 6.04 Å². The van der Waals surface area contributed by atoms with E-state index in [2.05, 4.69) is 20.3 Å². The van der Waals surface area contributed by atoms with Crippen molar-refractivity contribution >= 4 is 16.8 Å². The van der Waals surface area contributed by atoms with Crippen LogP contribution in [0.2, 0.25) is 0 Å². The molecular formula is C22H18N4O2. The lowest BCUT2D eigenvalue weighted by Crippen LogP contribution is -2.30. The topological polar surface area (TPSA) is 77.0 Å². The number of para-hydroxylation sites is 1. The Labute approximate surface area is 162 Å². The summed E-state index contributed by atoms with van der Waals surface area (Å²) in [6, 6.07) is 16.2. The summed E-state index contributed by atoms with van der Waals surface area (Å²) in [5, 5.41) is 3.79. The van der Waals surface area contributed by atoms with E-state index >= 15 is 0 Å². The molecule has 0 aliphatic carbocycles. The van der Waals surface area contributed by atoms with Gasteiger partial charge in [-0.2, -0.15) is 0 Å². The Morgan fingerprint density at radius 2 is 1.82 bits per heavy atom. The van der Waals surface area contributed by atoms with Crippen LogP contribution < -0.4 is 10.1 Å². The molecule has 3 heterocycles. The number of fused-ring (bicyclic) bond motifs is 1. The van der Waals surface area contributed by atoms with E-state index in [-0.39, 0.29) is 5.91 Å². The van der Waals surface area contributed by atoms with E-state index in [1.54, 1.807) is 44.0 Å². The number of carbonyl (C=O) groups excluding carboxylic acids is 1. The normalized spacial score (nSPS) is 11.8. The van der Waals surface area contributed by atoms with Gasteiger partial charge in [0.1, 0.15) is 11.8 Å². The van der Waals surface area contributed by atoms with Crippen LogP contribution in [-0.2, 0) is 0 Å². The molecule has 0 saturated heterocycles. The maximum Gasteiger partial charge on any atom is 0.252 e. The average molecular weight is 370 g/mol. The third-order valence-electron chi connectivity index (χ3n) is 4.50. The van der Waals surface area contributed by atoms with Crippen molar-refractivity contribution in [2.75, 3.05) is 7.11 Å². The minimum Gasteiger partial charge on any atom is -0.496 e. The maximum atomic E-state index is 13.2. The second kappa shape index (κ2) is 7.84. The largest absolute Gasteiger partial charge is 0.496 e. The van der Waals surface area contributed by atoms with Gasteiger partial charge in [0.05, 0.1) is 23.9 Å². The average Bonchev–Trinajstić information content (AvgIpc) is 2.77. The second-order valence-electron chi connectivity index (χ2n) is 6.15. The molecule has 3 aromatic heterocycles. The Kier molecular flexibility index (Phi) is 4.93. The number of methoxy groups -OCH3 is 1. The van der Waals surface area contributed by atoms with Crippen LogP contribution in [0.1, 0.15) is 27.7 Å². The van der Waals surface area contributed by atoms with Gasteiger partial charge in [-0.15, -0.1) is 0 Å². The molecule has 0 saturated carbocycles. The van der Waals surface area contributed by atoms with Crippen molar-refractivity contribution in [3.8, 4) is 5.75 Å². The molecule has 1 N–H and O–H groups in total. The standard InChI is InChI=1S/C22H18N4O2/c1-28-20-8-3-2-6-16(20)21(19-7-4-5-11-24-19)26-22(27)15-9-13-25-18-10-12-23-14-17(15)18/h2-14,21H,1H3,(H,26,27)/t21-/m0/s1. The molecule has 1 atom stereocenters. The predicted octanol–water partition coefficient (Wildman–Crippen LogP) is 3.55. The van der Waals surface area contributed by atoms with Crippen molar-refractivity contribution in [2.24, 2.45) is 0 Å². The minimum atomic E-state index is -0.468. The molecule has 0 fully saturated rings. The smallest absolute Gasteiger partial charge is 0.252 e. The first-order chi connectivity index (χ1) is 13.8. The van der Waals surface area contributed by atoms with Gasteiger partial charge in [-0.3, -0.25) is 19.7 Å². The van der Waals surface area contributed by atoms with Gasteiger partial charge in [0.25, 0.3) is 5.91 Å². The minimum absolute atomic E-state index is 0.234. The van der Waals surface area contributed by atoms with Crippen molar-refractivity contribution in [3.05, 3.63) is 96.2 Å². The van der Waals surface area contributed by atoms with Crippen molar-refractivity contribution in [1.29, 1.82) is 0 Å². The lowest BCUT2D eigenvalue weighted by molar-refractivity contribution is 0.0943. The maximum absolute atomic E-state index is 13.2. The molecule has 0 spiro atoms. The van der Waals surface area contributed by atoms with Gasteiger partial charge in [-0.05, 0) is 30.3 Å². The monoisotopic (exact) mass is 370 g/mol. The molecule has 1 amide bonds. The molecule has 6 nitrogen and oxygen atoms in total. The van der Waals surface area contributed by atoms with Crippen LogP contribution in [0.5, 0.6) is 5.75 Å². The third kappa shape index (κ3) is 3.40. The Morgan fingerprint density at radius 1 is 0.964 bits per heavy atom. The highest BCUT2D eigenvalue weighted by Crippen LogP contribution is 2.29. The highest BCUT2D eigenvalue weighted by Gasteiger charge is 2.23. The second-order valence-corrected chi connectivity index (χ2v) is 6.15. The fourth-order valence-corrected chi connectivity index (χ4v) is 3.16. The quantitative estimate of drug-likeness (QED) is 0.581. The van der Waals surface area contributed by atoms with E-state index in [1.165, 1.54) is 0 Å². The lowest BCUT2D eigenvalue weighted by atomic mass is 10.0. The summed E-state index contributed by atoms with van der Waals surface area (Å²) >= 11 is 0. The number of ether oxygens (including phenoxy) is 1. The van der Waals surface area contributed by atoms with Crippen LogP contribution in [0.15, 0.2) is 79.4 Å². The van der Waals surface area contributed by atoms with Gasteiger partial charge in [-0.25, -0.2) is 0 Å². The Bertz CT molecular complexity index is 1110. The van der Waals surface area contributed by atoms with Gasteiger partial charge in [0, 0.05) is 35.7 Å². The molecule has 1 aromatic carbocycles. The third-order valence-corrected chi connectivity index (χ3v) is 4.50. The van der Waals surface area contributed by atoms with Crippen LogP contribution in [0.3, 0.4) is 0 Å². The molecule has 0 radical (unpaired) electrons. The highest BCUT2D eigenvalue weighted by atomic mass is 16.5. The fraction of sp³-hybridized carbons (Fsp3) is 0.0909. The van der Waals surface area contributed by atoms with Crippen LogP contribution in [-0.4, -0.2) is 28.0 Å². The zero-order valence-corrected chi connectivity index (χ0v) is 15.2. The van der Waals surface area contributed by atoms with Crippen molar-refractivity contribution in [2.45, 2.75) is 6.04 Å². The Hall–Kier alpha value is -3.80. The number of nitrogens with one attached hydrogen (secondary N) is 1. The molecule has 28 heavy (non-hydrogen) atoms. The summed E-state index contributed by atoms with van der Waals surface area (Å²) in [5.74, 6) is 0.446. The zero-order valence-electron chi connectivity index (χ0n) is 15.2. The number of hydrogen-bond donors (Lipinski definition) is 1. The summed E-state index contributed by atoms with van der Waals surface area (Å²) < 4.78 is 5.51. The summed E-state index contributed by atoms with van der Waals surface area (Å²) in [6.45, 7) is 0. The van der Waals surface area contributed by atoms with Crippen LogP contribution in [0.4, 0.5) is 0 Å². The van der Waals surface area contributed by atoms with Crippen LogP contribution in [0.25, 0.3) is 10.9 Å². The number of aromatic nitrogens is 3. The molecule has 6 heteroatoms. The molecular weight excluding hydrogens is 352 g/mol. The van der Waals surface area contributed by atoms with E-state index in [4.69, 9.17) is 4.74 Å².